The van der Waals surface area contributed by atoms with E-state index in [1.54, 1.807) is 19.3 Å². The standard InChI is InChI=1S/C11H17F2N3/c1-8(14-2)10-5-4-9(6-15-10)16(3)7-11(12)13/h4-6,8,11,14H,7H2,1-3H3. The summed E-state index contributed by atoms with van der Waals surface area (Å²) in [5, 5.41) is 3.07. The van der Waals surface area contributed by atoms with Crippen LogP contribution in [0.5, 0.6) is 0 Å². The molecule has 1 N–H and O–H groups in total. The van der Waals surface area contributed by atoms with Crippen molar-refractivity contribution in [3.8, 4) is 0 Å². The summed E-state index contributed by atoms with van der Waals surface area (Å²) in [6.45, 7) is 1.72. The minimum Gasteiger partial charge on any atom is -0.368 e. The maximum absolute atomic E-state index is 12.2. The molecule has 0 spiro atoms. The Morgan fingerprint density at radius 1 is 1.44 bits per heavy atom. The van der Waals surface area contributed by atoms with E-state index in [2.05, 4.69) is 10.3 Å². The van der Waals surface area contributed by atoms with E-state index in [0.29, 0.717) is 5.69 Å². The minimum absolute atomic E-state index is 0.162. The van der Waals surface area contributed by atoms with E-state index in [1.165, 1.54) is 4.90 Å². The number of aromatic nitrogens is 1. The molecule has 0 fully saturated rings. The Bertz CT molecular complexity index is 314. The summed E-state index contributed by atoms with van der Waals surface area (Å²) in [5.74, 6) is 0. The van der Waals surface area contributed by atoms with Crippen molar-refractivity contribution in [2.24, 2.45) is 0 Å². The molecule has 90 valence electrons. The molecule has 1 unspecified atom stereocenters. The molecule has 1 aromatic rings. The van der Waals surface area contributed by atoms with Gasteiger partial charge in [0.1, 0.15) is 0 Å². The summed E-state index contributed by atoms with van der Waals surface area (Å²) >= 11 is 0. The van der Waals surface area contributed by atoms with Crippen LogP contribution in [0.25, 0.3) is 0 Å². The molecule has 0 aromatic carbocycles. The second kappa shape index (κ2) is 5.75. The number of nitrogens with zero attached hydrogens (tertiary/aromatic N) is 2. The molecule has 0 aliphatic carbocycles. The van der Waals surface area contributed by atoms with E-state index < -0.39 is 6.43 Å². The lowest BCUT2D eigenvalue weighted by atomic mass is 10.2. The number of alkyl halides is 2. The van der Waals surface area contributed by atoms with Crippen LogP contribution in [0.4, 0.5) is 14.5 Å². The smallest absolute Gasteiger partial charge is 0.255 e. The number of rotatable bonds is 5. The maximum Gasteiger partial charge on any atom is 0.255 e. The van der Waals surface area contributed by atoms with Crippen molar-refractivity contribution in [1.82, 2.24) is 10.3 Å². The molecule has 1 rings (SSSR count). The third-order valence-electron chi connectivity index (χ3n) is 2.50. The Kier molecular flexibility index (Phi) is 4.61. The van der Waals surface area contributed by atoms with Gasteiger partial charge in [0.15, 0.2) is 0 Å². The molecule has 16 heavy (non-hydrogen) atoms. The van der Waals surface area contributed by atoms with E-state index in [0.717, 1.165) is 5.69 Å². The van der Waals surface area contributed by atoms with Gasteiger partial charge in [-0.1, -0.05) is 0 Å². The number of nitrogens with one attached hydrogen (secondary N) is 1. The van der Waals surface area contributed by atoms with Crippen LogP contribution in [0.15, 0.2) is 18.3 Å². The molecule has 1 heterocycles. The summed E-state index contributed by atoms with van der Waals surface area (Å²) in [6.07, 6.45) is -0.716. The van der Waals surface area contributed by atoms with Gasteiger partial charge in [-0.05, 0) is 26.1 Å². The first-order valence-corrected chi connectivity index (χ1v) is 5.17. The summed E-state index contributed by atoms with van der Waals surface area (Å²) in [4.78, 5) is 5.72. The molecule has 0 radical (unpaired) electrons. The molecule has 0 bridgehead atoms. The number of pyridine rings is 1. The Balaban J connectivity index is 2.70. The van der Waals surface area contributed by atoms with Crippen LogP contribution in [0.2, 0.25) is 0 Å². The van der Waals surface area contributed by atoms with E-state index in [-0.39, 0.29) is 12.6 Å². The predicted molar refractivity (Wildman–Crippen MR) is 61.0 cm³/mol. The zero-order chi connectivity index (χ0) is 12.1. The zero-order valence-electron chi connectivity index (χ0n) is 9.74. The third-order valence-corrected chi connectivity index (χ3v) is 2.50. The molecule has 0 saturated heterocycles. The first-order chi connectivity index (χ1) is 7.54. The minimum atomic E-state index is -2.33. The van der Waals surface area contributed by atoms with Gasteiger partial charge < -0.3 is 10.2 Å². The highest BCUT2D eigenvalue weighted by molar-refractivity contribution is 5.43. The van der Waals surface area contributed by atoms with Gasteiger partial charge in [0, 0.05) is 13.1 Å². The predicted octanol–water partition coefficient (Wildman–Crippen LogP) is 2.06. The van der Waals surface area contributed by atoms with Crippen molar-refractivity contribution in [2.75, 3.05) is 25.5 Å². The van der Waals surface area contributed by atoms with Gasteiger partial charge in [-0.15, -0.1) is 0 Å². The van der Waals surface area contributed by atoms with Crippen LogP contribution < -0.4 is 10.2 Å². The first-order valence-electron chi connectivity index (χ1n) is 5.17. The van der Waals surface area contributed by atoms with Crippen molar-refractivity contribution in [1.29, 1.82) is 0 Å². The fourth-order valence-electron chi connectivity index (χ4n) is 1.34. The molecule has 0 aliphatic rings. The quantitative estimate of drug-likeness (QED) is 0.837. The van der Waals surface area contributed by atoms with Gasteiger partial charge in [-0.3, -0.25) is 4.98 Å². The highest BCUT2D eigenvalue weighted by Gasteiger charge is 2.09. The highest BCUT2D eigenvalue weighted by Crippen LogP contribution is 2.15. The van der Waals surface area contributed by atoms with Gasteiger partial charge in [-0.25, -0.2) is 8.78 Å². The molecule has 0 saturated carbocycles. The van der Waals surface area contributed by atoms with Crippen LogP contribution in [0.3, 0.4) is 0 Å². The largest absolute Gasteiger partial charge is 0.368 e. The maximum atomic E-state index is 12.2. The van der Waals surface area contributed by atoms with Crippen LogP contribution in [0, 0.1) is 0 Å². The Morgan fingerprint density at radius 2 is 2.12 bits per heavy atom. The van der Waals surface area contributed by atoms with E-state index in [4.69, 9.17) is 0 Å². The fourth-order valence-corrected chi connectivity index (χ4v) is 1.34. The average molecular weight is 229 g/mol. The van der Waals surface area contributed by atoms with Gasteiger partial charge in [0.2, 0.25) is 0 Å². The average Bonchev–Trinajstić information content (AvgIpc) is 2.27. The Hall–Kier alpha value is -1.23. The summed E-state index contributed by atoms with van der Waals surface area (Å²) < 4.78 is 24.3. The first kappa shape index (κ1) is 12.8. The number of hydrogen-bond donors (Lipinski definition) is 1. The Labute approximate surface area is 94.5 Å². The van der Waals surface area contributed by atoms with Crippen molar-refractivity contribution >= 4 is 5.69 Å². The van der Waals surface area contributed by atoms with E-state index in [1.807, 2.05) is 20.0 Å². The lowest BCUT2D eigenvalue weighted by molar-refractivity contribution is 0.156. The van der Waals surface area contributed by atoms with Crippen molar-refractivity contribution in [3.05, 3.63) is 24.0 Å². The Morgan fingerprint density at radius 3 is 2.56 bits per heavy atom. The van der Waals surface area contributed by atoms with E-state index >= 15 is 0 Å². The van der Waals surface area contributed by atoms with Crippen molar-refractivity contribution in [2.45, 2.75) is 19.4 Å². The summed E-state index contributed by atoms with van der Waals surface area (Å²) in [6, 6.07) is 3.81. The SMILES string of the molecule is CNC(C)c1ccc(N(C)CC(F)F)cn1. The molecular formula is C11H17F2N3. The lowest BCUT2D eigenvalue weighted by Crippen LogP contribution is -2.24. The topological polar surface area (TPSA) is 28.2 Å². The monoisotopic (exact) mass is 229 g/mol. The van der Waals surface area contributed by atoms with Crippen LogP contribution in [0.1, 0.15) is 18.7 Å². The van der Waals surface area contributed by atoms with Crippen LogP contribution in [-0.4, -0.2) is 32.0 Å². The lowest BCUT2D eigenvalue weighted by Gasteiger charge is -2.19. The molecule has 0 amide bonds. The zero-order valence-corrected chi connectivity index (χ0v) is 9.74. The van der Waals surface area contributed by atoms with Crippen molar-refractivity contribution < 1.29 is 8.78 Å². The normalized spacial score (nSPS) is 12.9. The third kappa shape index (κ3) is 3.41. The molecule has 1 atom stereocenters. The van der Waals surface area contributed by atoms with Gasteiger partial charge in [0.05, 0.1) is 24.1 Å². The fraction of sp³-hybridized carbons (Fsp3) is 0.545. The highest BCUT2D eigenvalue weighted by atomic mass is 19.3. The van der Waals surface area contributed by atoms with Gasteiger partial charge in [-0.2, -0.15) is 0 Å². The van der Waals surface area contributed by atoms with Crippen LogP contribution >= 0.6 is 0 Å². The molecular weight excluding hydrogens is 212 g/mol. The number of anilines is 1. The molecule has 0 aliphatic heterocycles. The number of hydrogen-bond acceptors (Lipinski definition) is 3. The number of halogens is 2. The van der Waals surface area contributed by atoms with Gasteiger partial charge >= 0.3 is 0 Å². The second-order valence-corrected chi connectivity index (χ2v) is 3.72. The summed E-state index contributed by atoms with van der Waals surface area (Å²) in [7, 11) is 3.48. The van der Waals surface area contributed by atoms with E-state index in [9.17, 15) is 8.78 Å². The molecule has 1 aromatic heterocycles. The molecule has 3 nitrogen and oxygen atoms in total. The molecule has 5 heteroatoms. The van der Waals surface area contributed by atoms with Crippen LogP contribution in [-0.2, 0) is 0 Å². The van der Waals surface area contributed by atoms with Gasteiger partial charge in [0.25, 0.3) is 6.43 Å². The van der Waals surface area contributed by atoms with Crippen molar-refractivity contribution in [3.63, 3.8) is 0 Å². The second-order valence-electron chi connectivity index (χ2n) is 3.72. The summed E-state index contributed by atoms with van der Waals surface area (Å²) in [5.41, 5.74) is 1.60.